The minimum absolute atomic E-state index is 0.165. The molecule has 23 heavy (non-hydrogen) atoms. The lowest BCUT2D eigenvalue weighted by Gasteiger charge is -2.36. The number of aromatic nitrogens is 2. The minimum atomic E-state index is -3.48. The Labute approximate surface area is 137 Å². The molecule has 1 saturated heterocycles. The average molecular weight is 347 g/mol. The number of ether oxygens (including phenoxy) is 1. The van der Waals surface area contributed by atoms with Crippen molar-refractivity contribution in [2.24, 2.45) is 0 Å². The number of benzene rings is 1. The largest absolute Gasteiger partial charge is 0.464 e. The molecule has 0 N–H and O–H groups in total. The van der Waals surface area contributed by atoms with Crippen molar-refractivity contribution in [2.45, 2.75) is 11.0 Å². The Morgan fingerprint density at radius 1 is 1.17 bits per heavy atom. The molecule has 0 radical (unpaired) electrons. The number of para-hydroxylation sites is 1. The molecule has 3 aromatic rings. The maximum Gasteiger partial charge on any atom is 0.274 e. The summed E-state index contributed by atoms with van der Waals surface area (Å²) in [4.78, 5) is 8.46. The van der Waals surface area contributed by atoms with Gasteiger partial charge in [0, 0.05) is 12.4 Å². The molecule has 2 aromatic heterocycles. The highest BCUT2D eigenvalue weighted by molar-refractivity contribution is 7.89. The highest BCUT2D eigenvalue weighted by Gasteiger charge is 2.38. The molecule has 1 aliphatic heterocycles. The molecule has 1 aliphatic rings. The molecule has 118 valence electrons. The van der Waals surface area contributed by atoms with Gasteiger partial charge in [-0.15, -0.1) is 0 Å². The zero-order chi connectivity index (χ0) is 15.9. The third kappa shape index (κ3) is 2.69. The van der Waals surface area contributed by atoms with E-state index in [0.29, 0.717) is 18.3 Å². The lowest BCUT2D eigenvalue weighted by molar-refractivity contribution is 0.0761. The Morgan fingerprint density at radius 3 is 2.74 bits per heavy atom. The van der Waals surface area contributed by atoms with E-state index in [1.165, 1.54) is 21.8 Å². The molecule has 0 amide bonds. The van der Waals surface area contributed by atoms with Gasteiger partial charge in [-0.1, -0.05) is 23.5 Å². The molecular weight excluding hydrogens is 334 g/mol. The molecule has 0 bridgehead atoms. The average Bonchev–Trinajstić information content (AvgIpc) is 2.93. The van der Waals surface area contributed by atoms with Gasteiger partial charge in [0.2, 0.25) is 10.0 Å². The summed E-state index contributed by atoms with van der Waals surface area (Å²) >= 11 is 1.47. The zero-order valence-corrected chi connectivity index (χ0v) is 13.6. The predicted octanol–water partition coefficient (Wildman–Crippen LogP) is 2.14. The van der Waals surface area contributed by atoms with Crippen LogP contribution in [0.4, 0.5) is 0 Å². The molecule has 0 unspecified atom stereocenters. The van der Waals surface area contributed by atoms with Crippen molar-refractivity contribution >= 4 is 31.6 Å². The summed E-state index contributed by atoms with van der Waals surface area (Å²) in [6.07, 6.45) is 2.74. The third-order valence-electron chi connectivity index (χ3n) is 3.63. The van der Waals surface area contributed by atoms with Crippen molar-refractivity contribution < 1.29 is 13.2 Å². The van der Waals surface area contributed by atoms with Crippen LogP contribution in [0.5, 0.6) is 5.19 Å². The molecule has 0 spiro atoms. The van der Waals surface area contributed by atoms with Crippen molar-refractivity contribution in [2.75, 3.05) is 13.1 Å². The second-order valence-electron chi connectivity index (χ2n) is 5.20. The Kier molecular flexibility index (Phi) is 3.51. The summed E-state index contributed by atoms with van der Waals surface area (Å²) in [5, 5.41) is 0.578. The maximum absolute atomic E-state index is 12.4. The highest BCUT2D eigenvalue weighted by atomic mass is 32.2. The summed E-state index contributed by atoms with van der Waals surface area (Å²) < 4.78 is 33.0. The second-order valence-corrected chi connectivity index (χ2v) is 8.13. The Hall–Kier alpha value is -2.03. The minimum Gasteiger partial charge on any atom is -0.464 e. The molecular formula is C15H13N3O3S2. The monoisotopic (exact) mass is 347 g/mol. The fourth-order valence-corrected chi connectivity index (χ4v) is 4.71. The second kappa shape index (κ2) is 5.55. The first-order valence-electron chi connectivity index (χ1n) is 7.05. The van der Waals surface area contributed by atoms with Crippen LogP contribution in [0.3, 0.4) is 0 Å². The van der Waals surface area contributed by atoms with E-state index in [1.807, 2.05) is 24.3 Å². The van der Waals surface area contributed by atoms with Gasteiger partial charge >= 0.3 is 0 Å². The third-order valence-corrected chi connectivity index (χ3v) is 6.37. The summed E-state index contributed by atoms with van der Waals surface area (Å²) in [6.45, 7) is 0.653. The lowest BCUT2D eigenvalue weighted by atomic mass is 10.2. The van der Waals surface area contributed by atoms with Crippen molar-refractivity contribution in [1.29, 1.82) is 0 Å². The van der Waals surface area contributed by atoms with Crippen LogP contribution in [-0.2, 0) is 10.0 Å². The van der Waals surface area contributed by atoms with Crippen LogP contribution >= 0.6 is 11.3 Å². The zero-order valence-electron chi connectivity index (χ0n) is 12.0. The van der Waals surface area contributed by atoms with Crippen LogP contribution in [-0.4, -0.2) is 41.9 Å². The van der Waals surface area contributed by atoms with Gasteiger partial charge in [-0.2, -0.15) is 4.31 Å². The fourth-order valence-electron chi connectivity index (χ4n) is 2.36. The first-order valence-corrected chi connectivity index (χ1v) is 9.31. The van der Waals surface area contributed by atoms with Crippen molar-refractivity contribution in [3.63, 3.8) is 0 Å². The number of fused-ring (bicyclic) bond motifs is 1. The van der Waals surface area contributed by atoms with Gasteiger partial charge in [-0.05, 0) is 24.3 Å². The first kappa shape index (κ1) is 14.6. The van der Waals surface area contributed by atoms with E-state index in [-0.39, 0.29) is 11.0 Å². The first-order chi connectivity index (χ1) is 11.1. The lowest BCUT2D eigenvalue weighted by Crippen LogP contribution is -2.55. The summed E-state index contributed by atoms with van der Waals surface area (Å²) in [5.74, 6) is 0. The van der Waals surface area contributed by atoms with E-state index in [0.717, 1.165) is 10.2 Å². The van der Waals surface area contributed by atoms with Gasteiger partial charge in [0.1, 0.15) is 11.0 Å². The van der Waals surface area contributed by atoms with Crippen molar-refractivity contribution in [1.82, 2.24) is 14.3 Å². The summed E-state index contributed by atoms with van der Waals surface area (Å²) in [6, 6.07) is 11.0. The number of hydrogen-bond donors (Lipinski definition) is 0. The van der Waals surface area contributed by atoms with Gasteiger partial charge in [-0.3, -0.25) is 4.98 Å². The van der Waals surface area contributed by atoms with Crippen LogP contribution in [0.15, 0.2) is 53.7 Å². The molecule has 1 aromatic carbocycles. The Bertz CT molecular complexity index is 902. The quantitative estimate of drug-likeness (QED) is 0.723. The standard InChI is InChI=1S/C15H13N3O3S2/c19-23(20,12-4-3-7-16-8-12)18-9-11(10-18)21-15-17-13-5-1-2-6-14(13)22-15/h1-8,11H,9-10H2. The molecule has 8 heteroatoms. The topological polar surface area (TPSA) is 72.4 Å². The SMILES string of the molecule is O=S(=O)(c1cccnc1)N1CC(Oc2nc3ccccc3s2)C1. The number of nitrogens with zero attached hydrogens (tertiary/aromatic N) is 3. The smallest absolute Gasteiger partial charge is 0.274 e. The maximum atomic E-state index is 12.4. The number of hydrogen-bond acceptors (Lipinski definition) is 6. The van der Waals surface area contributed by atoms with Gasteiger partial charge in [0.15, 0.2) is 0 Å². The fraction of sp³-hybridized carbons (Fsp3) is 0.200. The van der Waals surface area contributed by atoms with Crippen molar-refractivity contribution in [3.05, 3.63) is 48.8 Å². The van der Waals surface area contributed by atoms with Gasteiger partial charge in [0.05, 0.1) is 23.3 Å². The Morgan fingerprint density at radius 2 is 2.00 bits per heavy atom. The van der Waals surface area contributed by atoms with E-state index in [2.05, 4.69) is 9.97 Å². The van der Waals surface area contributed by atoms with Gasteiger partial charge in [-0.25, -0.2) is 13.4 Å². The molecule has 3 heterocycles. The van der Waals surface area contributed by atoms with Gasteiger partial charge < -0.3 is 4.74 Å². The summed E-state index contributed by atoms with van der Waals surface area (Å²) in [7, 11) is -3.48. The van der Waals surface area contributed by atoms with E-state index < -0.39 is 10.0 Å². The number of thiazole rings is 1. The summed E-state index contributed by atoms with van der Waals surface area (Å²) in [5.41, 5.74) is 0.895. The number of rotatable bonds is 4. The highest BCUT2D eigenvalue weighted by Crippen LogP contribution is 2.30. The van der Waals surface area contributed by atoms with Crippen LogP contribution in [0, 0.1) is 0 Å². The van der Waals surface area contributed by atoms with E-state index in [4.69, 9.17) is 4.74 Å². The number of sulfonamides is 1. The van der Waals surface area contributed by atoms with Crippen LogP contribution in [0.2, 0.25) is 0 Å². The molecule has 1 fully saturated rings. The molecule has 0 atom stereocenters. The van der Waals surface area contributed by atoms with Crippen molar-refractivity contribution in [3.8, 4) is 5.19 Å². The number of pyridine rings is 1. The molecule has 6 nitrogen and oxygen atoms in total. The van der Waals surface area contributed by atoms with Crippen LogP contribution in [0.1, 0.15) is 0 Å². The Balaban J connectivity index is 1.43. The predicted molar refractivity (Wildman–Crippen MR) is 87.0 cm³/mol. The van der Waals surface area contributed by atoms with Crippen LogP contribution in [0.25, 0.3) is 10.2 Å². The van der Waals surface area contributed by atoms with E-state index in [9.17, 15) is 8.42 Å². The molecule has 0 aliphatic carbocycles. The molecule has 0 saturated carbocycles. The van der Waals surface area contributed by atoms with E-state index >= 15 is 0 Å². The van der Waals surface area contributed by atoms with Gasteiger partial charge in [0.25, 0.3) is 5.19 Å². The normalized spacial score (nSPS) is 16.3. The molecule has 4 rings (SSSR count). The van der Waals surface area contributed by atoms with E-state index in [1.54, 1.807) is 18.3 Å². The van der Waals surface area contributed by atoms with Crippen LogP contribution < -0.4 is 4.74 Å².